The van der Waals surface area contributed by atoms with E-state index < -0.39 is 0 Å². The van der Waals surface area contributed by atoms with Crippen molar-refractivity contribution < 1.29 is 0 Å². The predicted molar refractivity (Wildman–Crippen MR) is 95.3 cm³/mol. The molecule has 1 fully saturated rings. The smallest absolute Gasteiger partial charge is 0.0774 e. The number of aryl methyl sites for hydroxylation is 1. The molecule has 0 atom stereocenters. The highest BCUT2D eigenvalue weighted by atomic mass is 15.3. The minimum Gasteiger partial charge on any atom is -0.297 e. The summed E-state index contributed by atoms with van der Waals surface area (Å²) in [7, 11) is 0. The lowest BCUT2D eigenvalue weighted by Gasteiger charge is -2.33. The molecule has 1 saturated heterocycles. The lowest BCUT2D eigenvalue weighted by molar-refractivity contribution is 0.129. The fraction of sp³-hybridized carbons (Fsp3) is 0.389. The van der Waals surface area contributed by atoms with Crippen LogP contribution in [0.4, 0.5) is 0 Å². The average Bonchev–Trinajstić information content (AvgIpc) is 2.61. The summed E-state index contributed by atoms with van der Waals surface area (Å²) in [4.78, 5) is 11.7. The van der Waals surface area contributed by atoms with Crippen molar-refractivity contribution in [1.29, 1.82) is 0 Å². The maximum atomic E-state index is 8.40. The summed E-state index contributed by atoms with van der Waals surface area (Å²) in [6.07, 6.45) is 3.80. The van der Waals surface area contributed by atoms with Crippen LogP contribution >= 0.6 is 0 Å². The van der Waals surface area contributed by atoms with Crippen molar-refractivity contribution in [3.05, 3.63) is 64.3 Å². The van der Waals surface area contributed by atoms with Gasteiger partial charge in [0, 0.05) is 55.6 Å². The highest BCUT2D eigenvalue weighted by Gasteiger charge is 2.16. The third-order valence-corrected chi connectivity index (χ3v) is 4.33. The normalized spacial score (nSPS) is 15.9. The third kappa shape index (κ3) is 4.32. The Morgan fingerprint density at radius 1 is 1.08 bits per heavy atom. The molecule has 0 unspecified atom stereocenters. The summed E-state index contributed by atoms with van der Waals surface area (Å²) in [6.45, 7) is 7.37. The molecule has 1 aliphatic rings. The SMILES string of the molecule is Cc1cncc(-c2cccc(CN3CCN(CN=[N+]=[N-])CC3)c2)c1. The topological polar surface area (TPSA) is 68.1 Å². The van der Waals surface area contributed by atoms with Gasteiger partial charge in [0.25, 0.3) is 0 Å². The van der Waals surface area contributed by atoms with Gasteiger partial charge in [0.05, 0.1) is 6.67 Å². The minimum atomic E-state index is 0.472. The molecule has 2 heterocycles. The average molecular weight is 322 g/mol. The number of hydrogen-bond acceptors (Lipinski definition) is 4. The molecule has 0 amide bonds. The standard InChI is InChI=1S/C18H22N6/c1-15-9-18(12-20-11-15)17-4-2-3-16(10-17)13-23-5-7-24(8-6-23)14-21-22-19/h2-4,9-12H,5-8,13-14H2,1H3. The van der Waals surface area contributed by atoms with Crippen molar-refractivity contribution in [1.82, 2.24) is 14.8 Å². The maximum Gasteiger partial charge on any atom is 0.0774 e. The molecule has 1 aliphatic heterocycles. The van der Waals surface area contributed by atoms with Gasteiger partial charge < -0.3 is 0 Å². The van der Waals surface area contributed by atoms with Gasteiger partial charge in [-0.2, -0.15) is 0 Å². The summed E-state index contributed by atoms with van der Waals surface area (Å²) in [5.41, 5.74) is 13.3. The van der Waals surface area contributed by atoms with Gasteiger partial charge >= 0.3 is 0 Å². The van der Waals surface area contributed by atoms with E-state index in [1.807, 2.05) is 12.4 Å². The lowest BCUT2D eigenvalue weighted by atomic mass is 10.0. The molecule has 24 heavy (non-hydrogen) atoms. The number of azide groups is 1. The van der Waals surface area contributed by atoms with Crippen LogP contribution in [0.15, 0.2) is 47.8 Å². The second kappa shape index (κ2) is 7.93. The Labute approximate surface area is 142 Å². The molecule has 124 valence electrons. The van der Waals surface area contributed by atoms with Crippen LogP contribution in [0.5, 0.6) is 0 Å². The Hall–Kier alpha value is -2.40. The van der Waals surface area contributed by atoms with E-state index in [2.05, 4.69) is 62.1 Å². The molecule has 2 aromatic rings. The number of hydrogen-bond donors (Lipinski definition) is 0. The van der Waals surface area contributed by atoms with Crippen molar-refractivity contribution in [2.24, 2.45) is 5.11 Å². The minimum absolute atomic E-state index is 0.472. The number of nitrogens with zero attached hydrogens (tertiary/aromatic N) is 6. The molecule has 0 bridgehead atoms. The van der Waals surface area contributed by atoms with Crippen LogP contribution in [-0.2, 0) is 6.54 Å². The molecule has 1 aromatic heterocycles. The maximum absolute atomic E-state index is 8.40. The first kappa shape index (κ1) is 16.5. The van der Waals surface area contributed by atoms with Crippen molar-refractivity contribution in [2.75, 3.05) is 32.8 Å². The highest BCUT2D eigenvalue weighted by Crippen LogP contribution is 2.21. The second-order valence-electron chi connectivity index (χ2n) is 6.22. The molecular formula is C18H22N6. The van der Waals surface area contributed by atoms with Crippen LogP contribution in [0.1, 0.15) is 11.1 Å². The van der Waals surface area contributed by atoms with E-state index >= 15 is 0 Å². The van der Waals surface area contributed by atoms with Gasteiger partial charge in [-0.25, -0.2) is 0 Å². The van der Waals surface area contributed by atoms with Crippen LogP contribution in [0.2, 0.25) is 0 Å². The van der Waals surface area contributed by atoms with Gasteiger partial charge in [0.2, 0.25) is 0 Å². The van der Waals surface area contributed by atoms with E-state index in [-0.39, 0.29) is 0 Å². The molecule has 0 aliphatic carbocycles. The Morgan fingerprint density at radius 2 is 1.88 bits per heavy atom. The van der Waals surface area contributed by atoms with Crippen LogP contribution in [0, 0.1) is 6.92 Å². The largest absolute Gasteiger partial charge is 0.297 e. The Balaban J connectivity index is 1.62. The zero-order valence-corrected chi connectivity index (χ0v) is 14.0. The lowest BCUT2D eigenvalue weighted by Crippen LogP contribution is -2.45. The molecule has 0 saturated carbocycles. The highest BCUT2D eigenvalue weighted by molar-refractivity contribution is 5.63. The van der Waals surface area contributed by atoms with Gasteiger partial charge in [-0.1, -0.05) is 23.3 Å². The summed E-state index contributed by atoms with van der Waals surface area (Å²) >= 11 is 0. The van der Waals surface area contributed by atoms with Crippen molar-refractivity contribution in [3.63, 3.8) is 0 Å². The first-order valence-corrected chi connectivity index (χ1v) is 8.21. The van der Waals surface area contributed by atoms with E-state index in [1.165, 1.54) is 16.7 Å². The van der Waals surface area contributed by atoms with E-state index in [0.29, 0.717) is 6.67 Å². The predicted octanol–water partition coefficient (Wildman–Crippen LogP) is 3.44. The third-order valence-electron chi connectivity index (χ3n) is 4.33. The Kier molecular flexibility index (Phi) is 5.43. The van der Waals surface area contributed by atoms with Crippen molar-refractivity contribution in [3.8, 4) is 11.1 Å². The summed E-state index contributed by atoms with van der Waals surface area (Å²) in [5, 5.41) is 3.64. The van der Waals surface area contributed by atoms with Gasteiger partial charge in [-0.15, -0.1) is 0 Å². The van der Waals surface area contributed by atoms with E-state index in [1.54, 1.807) is 0 Å². The summed E-state index contributed by atoms with van der Waals surface area (Å²) in [5.74, 6) is 0. The monoisotopic (exact) mass is 322 g/mol. The quantitative estimate of drug-likeness (QED) is 0.481. The molecule has 6 nitrogen and oxygen atoms in total. The number of pyridine rings is 1. The molecule has 6 heteroatoms. The summed E-state index contributed by atoms with van der Waals surface area (Å²) in [6, 6.07) is 10.9. The van der Waals surface area contributed by atoms with E-state index in [4.69, 9.17) is 5.53 Å². The zero-order valence-electron chi connectivity index (χ0n) is 14.0. The van der Waals surface area contributed by atoms with Gasteiger partial charge in [0.1, 0.15) is 0 Å². The molecular weight excluding hydrogens is 300 g/mol. The zero-order chi connectivity index (χ0) is 16.8. The van der Waals surface area contributed by atoms with Crippen molar-refractivity contribution in [2.45, 2.75) is 13.5 Å². The van der Waals surface area contributed by atoms with Gasteiger partial charge in [-0.05, 0) is 41.3 Å². The first-order valence-electron chi connectivity index (χ1n) is 8.21. The van der Waals surface area contributed by atoms with Crippen LogP contribution in [0.3, 0.4) is 0 Å². The van der Waals surface area contributed by atoms with Crippen LogP contribution in [-0.4, -0.2) is 47.6 Å². The molecule has 1 aromatic carbocycles. The number of piperazine rings is 1. The number of benzene rings is 1. The van der Waals surface area contributed by atoms with Crippen LogP contribution < -0.4 is 0 Å². The van der Waals surface area contributed by atoms with E-state index in [9.17, 15) is 0 Å². The summed E-state index contributed by atoms with van der Waals surface area (Å²) < 4.78 is 0. The molecule has 0 N–H and O–H groups in total. The van der Waals surface area contributed by atoms with Crippen LogP contribution in [0.25, 0.3) is 21.6 Å². The Morgan fingerprint density at radius 3 is 2.62 bits per heavy atom. The number of rotatable bonds is 5. The molecule has 0 spiro atoms. The number of aromatic nitrogens is 1. The van der Waals surface area contributed by atoms with E-state index in [0.717, 1.165) is 38.3 Å². The Bertz CT molecular complexity index is 730. The fourth-order valence-corrected chi connectivity index (χ4v) is 3.03. The first-order chi connectivity index (χ1) is 11.7. The molecule has 3 rings (SSSR count). The molecule has 0 radical (unpaired) electrons. The van der Waals surface area contributed by atoms with Gasteiger partial charge in [0.15, 0.2) is 0 Å². The van der Waals surface area contributed by atoms with Gasteiger partial charge in [-0.3, -0.25) is 14.8 Å². The second-order valence-corrected chi connectivity index (χ2v) is 6.22. The fourth-order valence-electron chi connectivity index (χ4n) is 3.03. The van der Waals surface area contributed by atoms with Crippen molar-refractivity contribution >= 4 is 0 Å².